The lowest BCUT2D eigenvalue weighted by Gasteiger charge is -2.22. The zero-order valence-electron chi connectivity index (χ0n) is 12.2. The topological polar surface area (TPSA) is 24.9 Å². The minimum Gasteiger partial charge on any atom is -0.316 e. The highest BCUT2D eigenvalue weighted by atomic mass is 35.5. The molecular weight excluding hydrogens is 312 g/mol. The summed E-state index contributed by atoms with van der Waals surface area (Å²) in [5.41, 5.74) is 6.38. The quantitative estimate of drug-likeness (QED) is 0.769. The van der Waals surface area contributed by atoms with Crippen molar-refractivity contribution >= 4 is 28.9 Å². The Morgan fingerprint density at radius 1 is 1.09 bits per heavy atom. The van der Waals surface area contributed by atoms with Crippen molar-refractivity contribution in [2.75, 3.05) is 13.1 Å². The summed E-state index contributed by atoms with van der Waals surface area (Å²) < 4.78 is 0. The van der Waals surface area contributed by atoms with Crippen molar-refractivity contribution in [3.63, 3.8) is 0 Å². The third-order valence-electron chi connectivity index (χ3n) is 4.30. The van der Waals surface area contributed by atoms with Crippen LogP contribution >= 0.6 is 23.4 Å². The summed E-state index contributed by atoms with van der Waals surface area (Å²) in [6.45, 7) is 2.07. The maximum Gasteiger partial charge on any atom is 0.0748 e. The Morgan fingerprint density at radius 3 is 2.82 bits per heavy atom. The second-order valence-corrected chi connectivity index (χ2v) is 7.07. The summed E-state index contributed by atoms with van der Waals surface area (Å²) in [4.78, 5) is 6.00. The highest BCUT2D eigenvalue weighted by Gasteiger charge is 2.25. The van der Waals surface area contributed by atoms with Gasteiger partial charge in [-0.2, -0.15) is 0 Å². The Morgan fingerprint density at radius 2 is 1.95 bits per heavy atom. The van der Waals surface area contributed by atoms with E-state index >= 15 is 0 Å². The molecule has 2 aliphatic rings. The van der Waals surface area contributed by atoms with Crippen LogP contribution in [0, 0.1) is 0 Å². The molecule has 0 bridgehead atoms. The van der Waals surface area contributed by atoms with Gasteiger partial charge in [-0.3, -0.25) is 4.98 Å². The van der Waals surface area contributed by atoms with E-state index in [0.29, 0.717) is 0 Å². The first-order valence-corrected chi connectivity index (χ1v) is 8.99. The molecule has 1 N–H and O–H groups in total. The van der Waals surface area contributed by atoms with E-state index < -0.39 is 0 Å². The smallest absolute Gasteiger partial charge is 0.0748 e. The van der Waals surface area contributed by atoms with Gasteiger partial charge in [0.05, 0.1) is 5.69 Å². The lowest BCUT2D eigenvalue weighted by atomic mass is 9.89. The number of fused-ring (bicyclic) bond motifs is 2. The summed E-state index contributed by atoms with van der Waals surface area (Å²) in [5, 5.41) is 4.28. The van der Waals surface area contributed by atoms with Crippen LogP contribution in [0.25, 0.3) is 5.57 Å². The van der Waals surface area contributed by atoms with Gasteiger partial charge in [-0.05, 0) is 49.7 Å². The first-order valence-electron chi connectivity index (χ1n) is 7.63. The van der Waals surface area contributed by atoms with Gasteiger partial charge >= 0.3 is 0 Å². The van der Waals surface area contributed by atoms with Crippen LogP contribution in [0.3, 0.4) is 0 Å². The van der Waals surface area contributed by atoms with Crippen LogP contribution < -0.4 is 5.32 Å². The van der Waals surface area contributed by atoms with Crippen molar-refractivity contribution < 1.29 is 0 Å². The molecular formula is C18H17ClN2S. The zero-order valence-corrected chi connectivity index (χ0v) is 13.8. The van der Waals surface area contributed by atoms with E-state index in [1.807, 2.05) is 36.2 Å². The van der Waals surface area contributed by atoms with Crippen LogP contribution in [0.4, 0.5) is 0 Å². The van der Waals surface area contributed by atoms with Crippen LogP contribution in [0.15, 0.2) is 47.0 Å². The average Bonchev–Trinajstić information content (AvgIpc) is 2.74. The van der Waals surface area contributed by atoms with Crippen LogP contribution in [0.5, 0.6) is 0 Å². The number of nitrogens with zero attached hydrogens (tertiary/aromatic N) is 1. The molecule has 22 heavy (non-hydrogen) atoms. The van der Waals surface area contributed by atoms with Crippen LogP contribution in [-0.2, 0) is 5.75 Å². The largest absolute Gasteiger partial charge is 0.316 e. The van der Waals surface area contributed by atoms with Crippen molar-refractivity contribution in [2.45, 2.75) is 23.5 Å². The Balaban J connectivity index is 2.02. The van der Waals surface area contributed by atoms with Crippen molar-refractivity contribution in [3.8, 4) is 0 Å². The van der Waals surface area contributed by atoms with Crippen molar-refractivity contribution in [3.05, 3.63) is 63.9 Å². The van der Waals surface area contributed by atoms with Gasteiger partial charge in [-0.1, -0.05) is 29.3 Å². The average molecular weight is 329 g/mol. The Bertz CT molecular complexity index is 747. The molecule has 1 fully saturated rings. The first-order chi connectivity index (χ1) is 10.8. The number of nitrogens with one attached hydrogen (secondary N) is 1. The number of pyridine rings is 1. The van der Waals surface area contributed by atoms with Gasteiger partial charge in [0.1, 0.15) is 0 Å². The van der Waals surface area contributed by atoms with Gasteiger partial charge in [0, 0.05) is 33.0 Å². The molecule has 2 nitrogen and oxygen atoms in total. The molecule has 2 aromatic rings. The molecule has 0 saturated carbocycles. The predicted molar refractivity (Wildman–Crippen MR) is 93.4 cm³/mol. The number of rotatable bonds is 0. The van der Waals surface area contributed by atoms with Crippen LogP contribution in [-0.4, -0.2) is 18.1 Å². The molecule has 3 heterocycles. The Hall–Kier alpha value is -1.29. The van der Waals surface area contributed by atoms with Gasteiger partial charge in [-0.15, -0.1) is 11.8 Å². The summed E-state index contributed by atoms with van der Waals surface area (Å²) in [6.07, 6.45) is 4.04. The number of aromatic nitrogens is 1. The maximum atomic E-state index is 6.60. The van der Waals surface area contributed by atoms with Crippen LogP contribution in [0.2, 0.25) is 5.02 Å². The molecule has 0 spiro atoms. The molecule has 1 aromatic carbocycles. The van der Waals surface area contributed by atoms with Gasteiger partial charge in [0.15, 0.2) is 0 Å². The molecule has 0 atom stereocenters. The Kier molecular flexibility index (Phi) is 3.95. The molecule has 1 aromatic heterocycles. The Labute approximate surface area is 140 Å². The fourth-order valence-corrected chi connectivity index (χ4v) is 4.64. The lowest BCUT2D eigenvalue weighted by Crippen LogP contribution is -2.24. The summed E-state index contributed by atoms with van der Waals surface area (Å²) in [5.74, 6) is 0.950. The fourth-order valence-electron chi connectivity index (χ4n) is 3.24. The van der Waals surface area contributed by atoms with E-state index in [9.17, 15) is 0 Å². The van der Waals surface area contributed by atoms with Crippen molar-refractivity contribution in [1.82, 2.24) is 10.3 Å². The summed E-state index contributed by atoms with van der Waals surface area (Å²) >= 11 is 8.46. The fraction of sp³-hybridized carbons (Fsp3) is 0.278. The molecule has 4 rings (SSSR count). The maximum absolute atomic E-state index is 6.60. The van der Waals surface area contributed by atoms with E-state index in [4.69, 9.17) is 16.6 Å². The first kappa shape index (κ1) is 14.3. The number of thioether (sulfide) groups is 1. The summed E-state index contributed by atoms with van der Waals surface area (Å²) in [7, 11) is 0. The normalized spacial score (nSPS) is 17.7. The lowest BCUT2D eigenvalue weighted by molar-refractivity contribution is 0.611. The van der Waals surface area contributed by atoms with Gasteiger partial charge in [0.2, 0.25) is 0 Å². The minimum atomic E-state index is 0.838. The SMILES string of the molecule is Clc1cccc2c1C(=C1CCNCC1)c1ncccc1CS2. The summed E-state index contributed by atoms with van der Waals surface area (Å²) in [6, 6.07) is 10.4. The monoisotopic (exact) mass is 328 g/mol. The second kappa shape index (κ2) is 6.07. The number of halogens is 1. The van der Waals surface area contributed by atoms with E-state index in [-0.39, 0.29) is 0 Å². The molecule has 0 amide bonds. The second-order valence-electron chi connectivity index (χ2n) is 5.64. The zero-order chi connectivity index (χ0) is 14.9. The predicted octanol–water partition coefficient (Wildman–Crippen LogP) is 4.53. The number of hydrogen-bond acceptors (Lipinski definition) is 3. The molecule has 0 unspecified atom stereocenters. The van der Waals surface area contributed by atoms with Crippen molar-refractivity contribution in [2.24, 2.45) is 0 Å². The van der Waals surface area contributed by atoms with E-state index in [2.05, 4.69) is 17.4 Å². The third kappa shape index (κ3) is 2.47. The molecule has 4 heteroatoms. The standard InChI is InChI=1S/C18H17ClN2S/c19-14-4-1-5-15-17(14)16(12-6-9-20-10-7-12)18-13(11-22-15)3-2-8-21-18/h1-5,8,20H,6-7,9-11H2. The number of benzene rings is 1. The van der Waals surface area contributed by atoms with E-state index in [1.165, 1.54) is 27.2 Å². The van der Waals surface area contributed by atoms with E-state index in [1.54, 1.807) is 0 Å². The number of piperidine rings is 1. The molecule has 0 radical (unpaired) electrons. The number of hydrogen-bond donors (Lipinski definition) is 1. The van der Waals surface area contributed by atoms with Gasteiger partial charge < -0.3 is 5.32 Å². The molecule has 1 saturated heterocycles. The molecule has 112 valence electrons. The van der Waals surface area contributed by atoms with E-state index in [0.717, 1.165) is 42.4 Å². The third-order valence-corrected chi connectivity index (χ3v) is 5.72. The van der Waals surface area contributed by atoms with Gasteiger partial charge in [-0.25, -0.2) is 0 Å². The molecule has 0 aliphatic carbocycles. The molecule has 2 aliphatic heterocycles. The van der Waals surface area contributed by atoms with Crippen LogP contribution in [0.1, 0.15) is 29.7 Å². The highest BCUT2D eigenvalue weighted by Crippen LogP contribution is 2.44. The minimum absolute atomic E-state index is 0.838. The highest BCUT2D eigenvalue weighted by molar-refractivity contribution is 7.98. The van der Waals surface area contributed by atoms with Gasteiger partial charge in [0.25, 0.3) is 0 Å². The van der Waals surface area contributed by atoms with Crippen molar-refractivity contribution in [1.29, 1.82) is 0 Å².